The van der Waals surface area contributed by atoms with E-state index >= 15 is 0 Å². The minimum absolute atomic E-state index is 0.00940. The predicted octanol–water partition coefficient (Wildman–Crippen LogP) is 6.22. The van der Waals surface area contributed by atoms with Crippen LogP contribution in [0.1, 0.15) is 87.0 Å². The topological polar surface area (TPSA) is 55.8 Å². The Morgan fingerprint density at radius 2 is 1.72 bits per heavy atom. The molecule has 186 valence electrons. The Bertz CT molecular complexity index is 715. The lowest BCUT2D eigenvalue weighted by Crippen LogP contribution is -2.62. The molecule has 0 amide bonds. The van der Waals surface area contributed by atoms with Gasteiger partial charge in [-0.3, -0.25) is 4.79 Å². The number of aliphatic hydroxyl groups excluding tert-OH is 1. The lowest BCUT2D eigenvalue weighted by atomic mass is 9.44. The largest absolute Gasteiger partial charge is 0.417 e. The first-order chi connectivity index (χ1) is 14.6. The average molecular weight is 467 g/mol. The van der Waals surface area contributed by atoms with E-state index in [-0.39, 0.29) is 33.8 Å². The van der Waals surface area contributed by atoms with Gasteiger partial charge in [-0.05, 0) is 73.9 Å². The van der Waals surface area contributed by atoms with E-state index in [9.17, 15) is 9.90 Å². The van der Waals surface area contributed by atoms with Gasteiger partial charge in [-0.15, -0.1) is 0 Å². The van der Waals surface area contributed by atoms with Crippen LogP contribution in [0.3, 0.4) is 0 Å². The van der Waals surface area contributed by atoms with Crippen molar-refractivity contribution in [1.82, 2.24) is 0 Å². The first-order valence-electron chi connectivity index (χ1n) is 13.0. The third-order valence-electron chi connectivity index (χ3n) is 11.1. The maximum Gasteiger partial charge on any atom is 0.191 e. The molecule has 0 aromatic rings. The van der Waals surface area contributed by atoms with Gasteiger partial charge in [-0.1, -0.05) is 48.5 Å². The van der Waals surface area contributed by atoms with E-state index in [0.717, 1.165) is 25.7 Å². The Morgan fingerprint density at radius 1 is 1.12 bits per heavy atom. The molecule has 0 spiro atoms. The molecular formula is C27H50O4Si. The van der Waals surface area contributed by atoms with Gasteiger partial charge in [0.15, 0.2) is 8.32 Å². The van der Waals surface area contributed by atoms with Crippen molar-refractivity contribution in [3.8, 4) is 0 Å². The fraction of sp³-hybridized carbons (Fsp3) is 0.963. The molecule has 0 aliphatic heterocycles. The number of hydrogen-bond acceptors (Lipinski definition) is 4. The van der Waals surface area contributed by atoms with Crippen LogP contribution in [0.4, 0.5) is 0 Å². The standard InChI is InChI=1S/C27H50O4Si/c1-18-11-13-27-14-12-20(30-8)22(27)26(18,7)21(28)17-25(6,23(29)19(27)2)15-16-31-32(9,10)24(3,4)5/h18-22,28H,11-17H2,1-10H3/t18-,19+,20-,21-,22?,25-,26+,27?/m1/s1. The van der Waals surface area contributed by atoms with Gasteiger partial charge >= 0.3 is 0 Å². The molecule has 3 aliphatic carbocycles. The van der Waals surface area contributed by atoms with Crippen molar-refractivity contribution in [2.24, 2.45) is 34.0 Å². The summed E-state index contributed by atoms with van der Waals surface area (Å²) in [4.78, 5) is 14.1. The summed E-state index contributed by atoms with van der Waals surface area (Å²) in [5.41, 5.74) is -0.837. The SMILES string of the molecule is CO[C@@H]1CCC23CC[C@@H](C)[C@](C)(C12)[C@H](O)C[C@@](C)(CCO[Si](C)(C)C(C)(C)C)C(=O)[C@@H]3C. The average Bonchev–Trinajstić information content (AvgIpc) is 3.08. The molecule has 0 saturated heterocycles. The van der Waals surface area contributed by atoms with Crippen molar-refractivity contribution in [2.45, 2.75) is 117 Å². The second-order valence-electron chi connectivity index (χ2n) is 13.6. The molecule has 0 aromatic heterocycles. The number of carbonyl (C=O) groups is 1. The summed E-state index contributed by atoms with van der Waals surface area (Å²) in [6.07, 6.45) is 5.05. The Hall–Kier alpha value is -0.233. The van der Waals surface area contributed by atoms with Crippen LogP contribution in [-0.4, -0.2) is 45.1 Å². The maximum absolute atomic E-state index is 14.1. The lowest BCUT2D eigenvalue weighted by Gasteiger charge is -2.61. The number of ketones is 1. The third kappa shape index (κ3) is 3.87. The van der Waals surface area contributed by atoms with Crippen LogP contribution in [-0.2, 0) is 14.0 Å². The Balaban J connectivity index is 1.95. The molecular weight excluding hydrogens is 416 g/mol. The van der Waals surface area contributed by atoms with Gasteiger partial charge in [0.05, 0.1) is 12.2 Å². The third-order valence-corrected chi connectivity index (χ3v) is 15.6. The van der Waals surface area contributed by atoms with Crippen LogP contribution in [0.25, 0.3) is 0 Å². The summed E-state index contributed by atoms with van der Waals surface area (Å²) < 4.78 is 12.5. The quantitative estimate of drug-likeness (QED) is 0.489. The molecule has 1 N–H and O–H groups in total. The highest BCUT2D eigenvalue weighted by Gasteiger charge is 2.67. The molecule has 3 rings (SSSR count). The smallest absolute Gasteiger partial charge is 0.191 e. The molecule has 3 saturated carbocycles. The number of hydrogen-bond donors (Lipinski definition) is 1. The minimum atomic E-state index is -1.88. The summed E-state index contributed by atoms with van der Waals surface area (Å²) in [5, 5.41) is 12.0. The van der Waals surface area contributed by atoms with E-state index in [1.165, 1.54) is 0 Å². The molecule has 2 unspecified atom stereocenters. The van der Waals surface area contributed by atoms with E-state index in [0.29, 0.717) is 31.1 Å². The molecule has 0 radical (unpaired) electrons. The molecule has 32 heavy (non-hydrogen) atoms. The van der Waals surface area contributed by atoms with Crippen LogP contribution < -0.4 is 0 Å². The second-order valence-corrected chi connectivity index (χ2v) is 18.4. The number of carbonyl (C=O) groups excluding carboxylic acids is 1. The van der Waals surface area contributed by atoms with Gasteiger partial charge in [0, 0.05) is 30.5 Å². The van der Waals surface area contributed by atoms with Crippen molar-refractivity contribution in [3.05, 3.63) is 0 Å². The van der Waals surface area contributed by atoms with Crippen molar-refractivity contribution in [2.75, 3.05) is 13.7 Å². The molecule has 8 atom stereocenters. The van der Waals surface area contributed by atoms with E-state index in [1.54, 1.807) is 0 Å². The first-order valence-corrected chi connectivity index (χ1v) is 15.9. The van der Waals surface area contributed by atoms with Gasteiger partial charge in [0.2, 0.25) is 0 Å². The zero-order chi connectivity index (χ0) is 24.3. The minimum Gasteiger partial charge on any atom is -0.417 e. The number of Topliss-reactive ketones (excluding diaryl/α,β-unsaturated/α-hetero) is 1. The molecule has 0 aromatic carbocycles. The highest BCUT2D eigenvalue weighted by Crippen LogP contribution is 2.68. The fourth-order valence-corrected chi connectivity index (χ4v) is 8.55. The maximum atomic E-state index is 14.1. The summed E-state index contributed by atoms with van der Waals surface area (Å²) in [6.45, 7) is 20.8. The number of aliphatic hydroxyl groups is 1. The van der Waals surface area contributed by atoms with Crippen LogP contribution >= 0.6 is 0 Å². The van der Waals surface area contributed by atoms with E-state index in [2.05, 4.69) is 61.6 Å². The lowest BCUT2D eigenvalue weighted by molar-refractivity contribution is -0.192. The molecule has 2 bridgehead atoms. The van der Waals surface area contributed by atoms with E-state index in [1.807, 2.05) is 7.11 Å². The predicted molar refractivity (Wildman–Crippen MR) is 133 cm³/mol. The van der Waals surface area contributed by atoms with E-state index < -0.39 is 19.8 Å². The molecule has 3 fully saturated rings. The first kappa shape index (κ1) is 26.4. The molecule has 5 heteroatoms. The highest BCUT2D eigenvalue weighted by molar-refractivity contribution is 6.74. The van der Waals surface area contributed by atoms with Gasteiger partial charge in [0.1, 0.15) is 5.78 Å². The Morgan fingerprint density at radius 3 is 2.28 bits per heavy atom. The van der Waals surface area contributed by atoms with Crippen molar-refractivity contribution in [3.63, 3.8) is 0 Å². The zero-order valence-corrected chi connectivity index (χ0v) is 23.5. The Labute approximate surface area is 198 Å². The molecule has 0 heterocycles. The second kappa shape index (κ2) is 8.46. The van der Waals surface area contributed by atoms with Gasteiger partial charge in [-0.2, -0.15) is 0 Å². The van der Waals surface area contributed by atoms with E-state index in [4.69, 9.17) is 9.16 Å². The zero-order valence-electron chi connectivity index (χ0n) is 22.5. The number of ether oxygens (including phenoxy) is 1. The van der Waals surface area contributed by atoms with Crippen molar-refractivity contribution < 1.29 is 19.1 Å². The van der Waals surface area contributed by atoms with Gasteiger partial charge in [0.25, 0.3) is 0 Å². The van der Waals surface area contributed by atoms with Crippen molar-refractivity contribution in [1.29, 1.82) is 0 Å². The fourth-order valence-electron chi connectivity index (χ4n) is 7.50. The summed E-state index contributed by atoms with van der Waals surface area (Å²) in [7, 11) is -0.0636. The molecule has 3 aliphatic rings. The Kier molecular flexibility index (Phi) is 6.97. The number of methoxy groups -OCH3 is 1. The summed E-state index contributed by atoms with van der Waals surface area (Å²) >= 11 is 0. The normalized spacial score (nSPS) is 45.3. The van der Waals surface area contributed by atoms with Crippen LogP contribution in [0.15, 0.2) is 0 Å². The summed E-state index contributed by atoms with van der Waals surface area (Å²) in [6, 6.07) is 0. The number of rotatable bonds is 5. The monoisotopic (exact) mass is 466 g/mol. The highest BCUT2D eigenvalue weighted by atomic mass is 28.4. The summed E-state index contributed by atoms with van der Waals surface area (Å²) in [5.74, 6) is 0.990. The van der Waals surface area contributed by atoms with Crippen LogP contribution in [0, 0.1) is 34.0 Å². The molecule has 4 nitrogen and oxygen atoms in total. The van der Waals surface area contributed by atoms with Crippen LogP contribution in [0.2, 0.25) is 18.1 Å². The van der Waals surface area contributed by atoms with Crippen molar-refractivity contribution >= 4 is 14.1 Å². The van der Waals surface area contributed by atoms with Crippen LogP contribution in [0.5, 0.6) is 0 Å². The van der Waals surface area contributed by atoms with Gasteiger partial charge in [-0.25, -0.2) is 0 Å². The van der Waals surface area contributed by atoms with Gasteiger partial charge < -0.3 is 14.3 Å².